The molecule has 0 saturated carbocycles. The minimum Gasteiger partial charge on any atom is -0.377 e. The Balaban J connectivity index is 1.60. The van der Waals surface area contributed by atoms with Crippen LogP contribution in [-0.4, -0.2) is 23.6 Å². The van der Waals surface area contributed by atoms with Crippen molar-refractivity contribution in [1.29, 1.82) is 0 Å². The summed E-state index contributed by atoms with van der Waals surface area (Å²) in [5, 5.41) is 4.90. The van der Waals surface area contributed by atoms with Gasteiger partial charge in [-0.2, -0.15) is 0 Å². The monoisotopic (exact) mass is 374 g/mol. The van der Waals surface area contributed by atoms with Gasteiger partial charge in [0.05, 0.1) is 6.04 Å². The number of anilines is 2. The van der Waals surface area contributed by atoms with Gasteiger partial charge < -0.3 is 10.2 Å². The van der Waals surface area contributed by atoms with E-state index in [1.807, 2.05) is 6.07 Å². The van der Waals surface area contributed by atoms with E-state index in [0.717, 1.165) is 23.8 Å². The highest BCUT2D eigenvalue weighted by atomic mass is 32.2. The lowest BCUT2D eigenvalue weighted by molar-refractivity contribution is 0.412. The van der Waals surface area contributed by atoms with Crippen molar-refractivity contribution < 1.29 is 0 Å². The highest BCUT2D eigenvalue weighted by Crippen LogP contribution is 2.47. The summed E-state index contributed by atoms with van der Waals surface area (Å²) in [7, 11) is 2.14. The van der Waals surface area contributed by atoms with Gasteiger partial charge in [-0.05, 0) is 36.6 Å². The van der Waals surface area contributed by atoms with E-state index in [1.54, 1.807) is 18.1 Å². The van der Waals surface area contributed by atoms with Gasteiger partial charge in [0.1, 0.15) is 17.2 Å². The summed E-state index contributed by atoms with van der Waals surface area (Å²) in [6.07, 6.45) is 2.78. The predicted octanol–water partition coefficient (Wildman–Crippen LogP) is 4.71. The fraction of sp³-hybridized carbons (Fsp3) is 0.273. The minimum atomic E-state index is 0.247. The zero-order chi connectivity index (χ0) is 18.4. The summed E-state index contributed by atoms with van der Waals surface area (Å²) in [5.74, 6) is 1.56. The van der Waals surface area contributed by atoms with E-state index in [2.05, 4.69) is 76.6 Å². The number of hydrogen-bond acceptors (Lipinski definition) is 5. The van der Waals surface area contributed by atoms with Crippen LogP contribution in [0.2, 0.25) is 0 Å². The van der Waals surface area contributed by atoms with E-state index >= 15 is 0 Å². The molecule has 2 atom stereocenters. The first-order valence-electron chi connectivity index (χ1n) is 9.34. The average Bonchev–Trinajstić information content (AvgIpc) is 2.68. The molecule has 0 amide bonds. The molecule has 0 fully saturated rings. The molecule has 5 heteroatoms. The SMILES string of the molecule is Cc1cccc2c1N[C@H]1c3c(Sc4ccccc4)ncnc3N(C)C[C@H]1C2. The van der Waals surface area contributed by atoms with Gasteiger partial charge in [-0.3, -0.25) is 0 Å². The maximum atomic E-state index is 4.68. The fourth-order valence-electron chi connectivity index (χ4n) is 4.32. The van der Waals surface area contributed by atoms with E-state index in [1.165, 1.54) is 27.3 Å². The number of aromatic nitrogens is 2. The summed E-state index contributed by atoms with van der Waals surface area (Å²) >= 11 is 1.73. The lowest BCUT2D eigenvalue weighted by Crippen LogP contribution is -2.42. The van der Waals surface area contributed by atoms with Gasteiger partial charge in [0.2, 0.25) is 0 Å². The molecule has 2 aliphatic rings. The number of nitrogens with zero attached hydrogens (tertiary/aromatic N) is 3. The highest BCUT2D eigenvalue weighted by molar-refractivity contribution is 7.99. The molecule has 2 aliphatic heterocycles. The number of nitrogens with one attached hydrogen (secondary N) is 1. The first kappa shape index (κ1) is 16.6. The largest absolute Gasteiger partial charge is 0.377 e. The Morgan fingerprint density at radius 2 is 1.93 bits per heavy atom. The minimum absolute atomic E-state index is 0.247. The molecule has 3 aromatic rings. The van der Waals surface area contributed by atoms with Crippen molar-refractivity contribution in [2.75, 3.05) is 23.8 Å². The Morgan fingerprint density at radius 1 is 1.07 bits per heavy atom. The highest BCUT2D eigenvalue weighted by Gasteiger charge is 2.39. The van der Waals surface area contributed by atoms with E-state index in [0.29, 0.717) is 5.92 Å². The molecule has 0 spiro atoms. The predicted molar refractivity (Wildman–Crippen MR) is 111 cm³/mol. The third-order valence-electron chi connectivity index (χ3n) is 5.58. The van der Waals surface area contributed by atoms with Gasteiger partial charge in [0, 0.05) is 35.7 Å². The zero-order valence-corrected chi connectivity index (χ0v) is 16.3. The number of fused-ring (bicyclic) bond motifs is 4. The number of hydrogen-bond donors (Lipinski definition) is 1. The Morgan fingerprint density at radius 3 is 2.78 bits per heavy atom. The molecule has 5 rings (SSSR count). The molecule has 0 saturated heterocycles. The summed E-state index contributed by atoms with van der Waals surface area (Å²) in [4.78, 5) is 12.8. The van der Waals surface area contributed by atoms with Crippen molar-refractivity contribution in [3.8, 4) is 0 Å². The third-order valence-corrected chi connectivity index (χ3v) is 6.60. The molecule has 136 valence electrons. The second-order valence-corrected chi connectivity index (χ2v) is 8.47. The van der Waals surface area contributed by atoms with Crippen LogP contribution in [0.3, 0.4) is 0 Å². The summed E-state index contributed by atoms with van der Waals surface area (Å²) in [6, 6.07) is 17.3. The number of aryl methyl sites for hydroxylation is 1. The van der Waals surface area contributed by atoms with Crippen molar-refractivity contribution in [2.24, 2.45) is 5.92 Å². The van der Waals surface area contributed by atoms with E-state index in [4.69, 9.17) is 0 Å². The van der Waals surface area contributed by atoms with Crippen LogP contribution in [-0.2, 0) is 6.42 Å². The molecule has 1 aromatic heterocycles. The number of para-hydroxylation sites is 1. The molecule has 0 unspecified atom stereocenters. The third kappa shape index (κ3) is 2.86. The maximum Gasteiger partial charge on any atom is 0.138 e. The molecule has 2 aromatic carbocycles. The van der Waals surface area contributed by atoms with Gasteiger partial charge in [-0.15, -0.1) is 0 Å². The van der Waals surface area contributed by atoms with Crippen LogP contribution in [0, 0.1) is 12.8 Å². The molecule has 0 aliphatic carbocycles. The second-order valence-electron chi connectivity index (χ2n) is 7.41. The topological polar surface area (TPSA) is 41.1 Å². The van der Waals surface area contributed by atoms with Crippen molar-refractivity contribution >= 4 is 23.3 Å². The van der Waals surface area contributed by atoms with Crippen molar-refractivity contribution in [3.63, 3.8) is 0 Å². The van der Waals surface area contributed by atoms with Crippen LogP contribution in [0.1, 0.15) is 22.7 Å². The Bertz CT molecular complexity index is 989. The smallest absolute Gasteiger partial charge is 0.138 e. The molecular weight excluding hydrogens is 352 g/mol. The lowest BCUT2D eigenvalue weighted by Gasteiger charge is -2.43. The van der Waals surface area contributed by atoms with Gasteiger partial charge >= 0.3 is 0 Å². The molecule has 3 heterocycles. The molecule has 0 bridgehead atoms. The molecule has 0 radical (unpaired) electrons. The van der Waals surface area contributed by atoms with Crippen LogP contribution in [0.4, 0.5) is 11.5 Å². The Kier molecular flexibility index (Phi) is 4.05. The summed E-state index contributed by atoms with van der Waals surface area (Å²) in [5.41, 5.74) is 5.25. The van der Waals surface area contributed by atoms with Crippen LogP contribution in [0.5, 0.6) is 0 Å². The van der Waals surface area contributed by atoms with Crippen molar-refractivity contribution in [2.45, 2.75) is 29.3 Å². The second kappa shape index (κ2) is 6.57. The van der Waals surface area contributed by atoms with Crippen molar-refractivity contribution in [3.05, 3.63) is 71.5 Å². The summed E-state index contributed by atoms with van der Waals surface area (Å²) in [6.45, 7) is 3.19. The quantitative estimate of drug-likeness (QED) is 0.658. The lowest BCUT2D eigenvalue weighted by atomic mass is 9.81. The van der Waals surface area contributed by atoms with E-state index < -0.39 is 0 Å². The zero-order valence-electron chi connectivity index (χ0n) is 15.5. The van der Waals surface area contributed by atoms with Crippen LogP contribution in [0.15, 0.2) is 64.8 Å². The molecular formula is C22H22N4S. The first-order valence-corrected chi connectivity index (χ1v) is 10.2. The van der Waals surface area contributed by atoms with Gasteiger partial charge in [-0.25, -0.2) is 9.97 Å². The van der Waals surface area contributed by atoms with E-state index in [9.17, 15) is 0 Å². The molecule has 4 nitrogen and oxygen atoms in total. The number of benzene rings is 2. The van der Waals surface area contributed by atoms with Crippen LogP contribution in [0.25, 0.3) is 0 Å². The van der Waals surface area contributed by atoms with Gasteiger partial charge in [0.25, 0.3) is 0 Å². The first-order chi connectivity index (χ1) is 13.2. The van der Waals surface area contributed by atoms with Crippen LogP contribution >= 0.6 is 11.8 Å². The normalized spacial score (nSPS) is 20.3. The average molecular weight is 375 g/mol. The fourth-order valence-corrected chi connectivity index (χ4v) is 5.27. The Labute approximate surface area is 164 Å². The number of rotatable bonds is 2. The van der Waals surface area contributed by atoms with Crippen molar-refractivity contribution in [1.82, 2.24) is 9.97 Å². The van der Waals surface area contributed by atoms with E-state index in [-0.39, 0.29) is 6.04 Å². The maximum absolute atomic E-state index is 4.68. The Hall–Kier alpha value is -2.53. The van der Waals surface area contributed by atoms with Gasteiger partial charge in [-0.1, -0.05) is 48.2 Å². The molecule has 1 N–H and O–H groups in total. The standard InChI is InChI=1S/C22H22N4S/c1-14-7-6-8-15-11-16-12-26(2)21-18(20(16)25-19(14)15)22(24-13-23-21)27-17-9-4-3-5-10-17/h3-10,13,16,20,25H,11-12H2,1-2H3/t16-,20-/m1/s1. The van der Waals surface area contributed by atoms with Gasteiger partial charge in [0.15, 0.2) is 0 Å². The van der Waals surface area contributed by atoms with Crippen LogP contribution < -0.4 is 10.2 Å². The summed E-state index contributed by atoms with van der Waals surface area (Å²) < 4.78 is 0. The molecule has 27 heavy (non-hydrogen) atoms.